The Morgan fingerprint density at radius 3 is 2.62 bits per heavy atom. The lowest BCUT2D eigenvalue weighted by Gasteiger charge is -2.12. The van der Waals surface area contributed by atoms with Gasteiger partial charge in [0.2, 0.25) is 0 Å². The number of alkyl halides is 1. The van der Waals surface area contributed by atoms with Gasteiger partial charge in [-0.05, 0) is 23.8 Å². The highest BCUT2D eigenvalue weighted by Gasteiger charge is 2.14. The summed E-state index contributed by atoms with van der Waals surface area (Å²) in [5, 5.41) is 11.0. The topological polar surface area (TPSA) is 61.6 Å². The smallest absolute Gasteiger partial charge is 0.276 e. The molecule has 0 heterocycles. The Morgan fingerprint density at radius 2 is 1.95 bits per heavy atom. The van der Waals surface area contributed by atoms with Crippen LogP contribution >= 0.6 is 11.6 Å². The lowest BCUT2D eigenvalue weighted by Crippen LogP contribution is -2.01. The number of halogens is 1. The minimum atomic E-state index is -0.425. The molecule has 21 heavy (non-hydrogen) atoms. The highest BCUT2D eigenvalue weighted by molar-refractivity contribution is 6.17. The summed E-state index contributed by atoms with van der Waals surface area (Å²) in [6, 6.07) is 11.8. The summed E-state index contributed by atoms with van der Waals surface area (Å²) in [6.45, 7) is 0.0826. The summed E-state index contributed by atoms with van der Waals surface area (Å²) in [4.78, 5) is 10.5. The van der Waals surface area contributed by atoms with Crippen LogP contribution in [0.25, 0.3) is 0 Å². The number of nitrogens with zero attached hydrogens (tertiary/aromatic N) is 1. The molecule has 2 aromatic rings. The van der Waals surface area contributed by atoms with Crippen LogP contribution in [0.3, 0.4) is 0 Å². The Balaban J connectivity index is 2.22. The molecule has 110 valence electrons. The molecule has 2 aromatic carbocycles. The zero-order chi connectivity index (χ0) is 15.2. The lowest BCUT2D eigenvalue weighted by atomic mass is 10.2. The van der Waals surface area contributed by atoms with Gasteiger partial charge in [-0.1, -0.05) is 18.2 Å². The van der Waals surface area contributed by atoms with Crippen molar-refractivity contribution in [1.29, 1.82) is 0 Å². The Kier molecular flexibility index (Phi) is 5.00. The molecule has 0 N–H and O–H groups in total. The Morgan fingerprint density at radius 1 is 1.19 bits per heavy atom. The van der Waals surface area contributed by atoms with Crippen LogP contribution in [0.1, 0.15) is 11.1 Å². The van der Waals surface area contributed by atoms with Gasteiger partial charge in [0.1, 0.15) is 6.61 Å². The fraction of sp³-hybridized carbons (Fsp3) is 0.200. The van der Waals surface area contributed by atoms with Gasteiger partial charge >= 0.3 is 0 Å². The third-order valence-corrected chi connectivity index (χ3v) is 3.26. The van der Waals surface area contributed by atoms with Crippen molar-refractivity contribution >= 4 is 17.3 Å². The Hall–Kier alpha value is -2.27. The van der Waals surface area contributed by atoms with Crippen LogP contribution in [0.15, 0.2) is 42.5 Å². The second-order valence-corrected chi connectivity index (χ2v) is 4.56. The van der Waals surface area contributed by atoms with Crippen LogP contribution in [0.4, 0.5) is 5.69 Å². The third kappa shape index (κ3) is 3.64. The van der Waals surface area contributed by atoms with Gasteiger partial charge in [0.15, 0.2) is 11.5 Å². The molecular formula is C15H14ClNO4. The van der Waals surface area contributed by atoms with Crippen molar-refractivity contribution in [1.82, 2.24) is 0 Å². The van der Waals surface area contributed by atoms with E-state index in [-0.39, 0.29) is 12.3 Å². The molecule has 0 aromatic heterocycles. The van der Waals surface area contributed by atoms with E-state index >= 15 is 0 Å². The Labute approximate surface area is 127 Å². The fourth-order valence-corrected chi connectivity index (χ4v) is 2.05. The zero-order valence-corrected chi connectivity index (χ0v) is 12.2. The predicted molar refractivity (Wildman–Crippen MR) is 80.0 cm³/mol. The third-order valence-electron chi connectivity index (χ3n) is 2.95. The van der Waals surface area contributed by atoms with Crippen molar-refractivity contribution in [3.05, 3.63) is 63.7 Å². The molecule has 0 radical (unpaired) electrons. The molecule has 0 fully saturated rings. The van der Waals surface area contributed by atoms with E-state index in [4.69, 9.17) is 21.1 Å². The summed E-state index contributed by atoms with van der Waals surface area (Å²) in [5.74, 6) is 1.42. The van der Waals surface area contributed by atoms with Gasteiger partial charge in [0, 0.05) is 11.9 Å². The summed E-state index contributed by atoms with van der Waals surface area (Å²) >= 11 is 5.79. The quantitative estimate of drug-likeness (QED) is 0.461. The predicted octanol–water partition coefficient (Wildman–Crippen LogP) is 3.92. The minimum Gasteiger partial charge on any atom is -0.493 e. The maximum absolute atomic E-state index is 11.0. The van der Waals surface area contributed by atoms with Crippen molar-refractivity contribution in [3.8, 4) is 11.5 Å². The molecular weight excluding hydrogens is 294 g/mol. The molecule has 0 saturated carbocycles. The molecule has 0 aliphatic rings. The summed E-state index contributed by atoms with van der Waals surface area (Å²) < 4.78 is 10.9. The van der Waals surface area contributed by atoms with Crippen LogP contribution < -0.4 is 9.47 Å². The largest absolute Gasteiger partial charge is 0.493 e. The van der Waals surface area contributed by atoms with Crippen LogP contribution in [0.2, 0.25) is 0 Å². The van der Waals surface area contributed by atoms with E-state index in [9.17, 15) is 10.1 Å². The van der Waals surface area contributed by atoms with Gasteiger partial charge in [-0.25, -0.2) is 0 Å². The van der Waals surface area contributed by atoms with E-state index in [0.29, 0.717) is 22.9 Å². The normalized spacial score (nSPS) is 10.2. The zero-order valence-electron chi connectivity index (χ0n) is 11.4. The molecule has 0 spiro atoms. The van der Waals surface area contributed by atoms with E-state index < -0.39 is 4.92 Å². The number of rotatable bonds is 6. The van der Waals surface area contributed by atoms with Gasteiger partial charge in [-0.2, -0.15) is 0 Å². The van der Waals surface area contributed by atoms with Gasteiger partial charge < -0.3 is 9.47 Å². The molecule has 2 rings (SSSR count). The first-order chi connectivity index (χ1) is 10.2. The SMILES string of the molecule is COc1ccc(CCl)cc1OCc1ccccc1[N+](=O)[O-]. The molecule has 6 heteroatoms. The van der Waals surface area contributed by atoms with Crippen molar-refractivity contribution < 1.29 is 14.4 Å². The van der Waals surface area contributed by atoms with Crippen LogP contribution in [-0.2, 0) is 12.5 Å². The number of hydrogen-bond donors (Lipinski definition) is 0. The molecule has 0 aliphatic carbocycles. The highest BCUT2D eigenvalue weighted by Crippen LogP contribution is 2.30. The Bertz CT molecular complexity index is 645. The summed E-state index contributed by atoms with van der Waals surface area (Å²) in [6.07, 6.45) is 0. The van der Waals surface area contributed by atoms with E-state index in [1.165, 1.54) is 13.2 Å². The highest BCUT2D eigenvalue weighted by atomic mass is 35.5. The number of hydrogen-bond acceptors (Lipinski definition) is 4. The molecule has 0 bridgehead atoms. The number of nitro benzene ring substituents is 1. The average Bonchev–Trinajstić information content (AvgIpc) is 2.52. The number of benzene rings is 2. The molecule has 5 nitrogen and oxygen atoms in total. The van der Waals surface area contributed by atoms with Crippen LogP contribution in [0.5, 0.6) is 11.5 Å². The first-order valence-corrected chi connectivity index (χ1v) is 6.77. The van der Waals surface area contributed by atoms with Crippen molar-refractivity contribution in [2.75, 3.05) is 7.11 Å². The van der Waals surface area contributed by atoms with Crippen LogP contribution in [0, 0.1) is 10.1 Å². The number of para-hydroxylation sites is 1. The summed E-state index contributed by atoms with van der Waals surface area (Å²) in [7, 11) is 1.54. The number of ether oxygens (including phenoxy) is 2. The average molecular weight is 308 g/mol. The maximum Gasteiger partial charge on any atom is 0.276 e. The summed E-state index contributed by atoms with van der Waals surface area (Å²) in [5.41, 5.74) is 1.42. The van der Waals surface area contributed by atoms with E-state index in [0.717, 1.165) is 5.56 Å². The molecule has 0 amide bonds. The van der Waals surface area contributed by atoms with Gasteiger partial charge in [-0.3, -0.25) is 10.1 Å². The van der Waals surface area contributed by atoms with E-state index in [2.05, 4.69) is 0 Å². The second-order valence-electron chi connectivity index (χ2n) is 4.29. The van der Waals surface area contributed by atoms with E-state index in [1.54, 1.807) is 30.3 Å². The van der Waals surface area contributed by atoms with Crippen molar-refractivity contribution in [3.63, 3.8) is 0 Å². The van der Waals surface area contributed by atoms with Gasteiger partial charge in [0.05, 0.1) is 17.6 Å². The van der Waals surface area contributed by atoms with Crippen molar-refractivity contribution in [2.45, 2.75) is 12.5 Å². The number of nitro groups is 1. The molecule has 0 unspecified atom stereocenters. The maximum atomic E-state index is 11.0. The first kappa shape index (κ1) is 15.1. The number of methoxy groups -OCH3 is 1. The van der Waals surface area contributed by atoms with E-state index in [1.807, 2.05) is 6.07 Å². The first-order valence-electron chi connectivity index (χ1n) is 6.23. The van der Waals surface area contributed by atoms with Gasteiger partial charge in [0.25, 0.3) is 5.69 Å². The molecule has 0 atom stereocenters. The van der Waals surface area contributed by atoms with Crippen LogP contribution in [-0.4, -0.2) is 12.0 Å². The molecule has 0 aliphatic heterocycles. The standard InChI is InChI=1S/C15H14ClNO4/c1-20-14-7-6-11(9-16)8-15(14)21-10-12-4-2-3-5-13(12)17(18)19/h2-8H,9-10H2,1H3. The molecule has 0 saturated heterocycles. The lowest BCUT2D eigenvalue weighted by molar-refractivity contribution is -0.385. The second kappa shape index (κ2) is 6.95. The van der Waals surface area contributed by atoms with Gasteiger partial charge in [-0.15, -0.1) is 11.6 Å². The monoisotopic (exact) mass is 307 g/mol. The van der Waals surface area contributed by atoms with Crippen molar-refractivity contribution in [2.24, 2.45) is 0 Å². The minimum absolute atomic E-state index is 0.0324. The fourth-order valence-electron chi connectivity index (χ4n) is 1.88.